The van der Waals surface area contributed by atoms with Gasteiger partial charge in [-0.3, -0.25) is 0 Å². The molecule has 2 N–H and O–H groups in total. The van der Waals surface area contributed by atoms with Crippen LogP contribution in [-0.4, -0.2) is 39.1 Å². The number of aromatic nitrogens is 3. The van der Waals surface area contributed by atoms with Crippen LogP contribution in [0, 0.1) is 0 Å². The van der Waals surface area contributed by atoms with Gasteiger partial charge in [0.2, 0.25) is 0 Å². The molecule has 20 heavy (non-hydrogen) atoms. The van der Waals surface area contributed by atoms with Crippen molar-refractivity contribution < 1.29 is 0 Å². The lowest BCUT2D eigenvalue weighted by molar-refractivity contribution is 0.262. The number of nitrogen functional groups attached to an aromatic ring is 1. The van der Waals surface area contributed by atoms with E-state index in [1.165, 1.54) is 0 Å². The number of nitrogens with two attached hydrogens (primary N) is 1. The summed E-state index contributed by atoms with van der Waals surface area (Å²) < 4.78 is 2.20. The van der Waals surface area contributed by atoms with Gasteiger partial charge < -0.3 is 15.2 Å². The minimum absolute atomic E-state index is 0.363. The van der Waals surface area contributed by atoms with Crippen molar-refractivity contribution >= 4 is 5.82 Å². The van der Waals surface area contributed by atoms with Crippen LogP contribution in [0.3, 0.4) is 0 Å². The van der Waals surface area contributed by atoms with Crippen LogP contribution in [0.4, 0.5) is 5.82 Å². The second kappa shape index (κ2) is 6.52. The van der Waals surface area contributed by atoms with Gasteiger partial charge in [0, 0.05) is 24.3 Å². The molecular formula is C15H23N5. The van der Waals surface area contributed by atoms with Crippen molar-refractivity contribution in [3.63, 3.8) is 0 Å². The van der Waals surface area contributed by atoms with E-state index < -0.39 is 0 Å². The monoisotopic (exact) mass is 273 g/mol. The topological polar surface area (TPSA) is 60.0 Å². The summed E-state index contributed by atoms with van der Waals surface area (Å²) >= 11 is 0. The third-order valence-corrected chi connectivity index (χ3v) is 3.63. The van der Waals surface area contributed by atoms with Crippen molar-refractivity contribution in [1.29, 1.82) is 0 Å². The lowest BCUT2D eigenvalue weighted by Gasteiger charge is -2.24. The zero-order valence-electron chi connectivity index (χ0n) is 12.5. The minimum atomic E-state index is 0.363. The summed E-state index contributed by atoms with van der Waals surface area (Å²) in [6, 6.07) is 4.22. The molecule has 0 radical (unpaired) electrons. The highest BCUT2D eigenvalue weighted by Gasteiger charge is 2.13. The molecule has 5 nitrogen and oxygen atoms in total. The van der Waals surface area contributed by atoms with Crippen LogP contribution >= 0.6 is 0 Å². The number of hydrogen-bond donors (Lipinski definition) is 1. The Balaban J connectivity index is 2.24. The standard InChI is InChI=1S/C15H23N5/c1-4-19(5-2)10-12(3)20-11-17-9-14(20)13-6-7-18-15(16)8-13/h6-9,11-12H,4-5,10H2,1-3H3,(H2,16,18). The van der Waals surface area contributed by atoms with E-state index in [1.54, 1.807) is 6.20 Å². The van der Waals surface area contributed by atoms with E-state index in [2.05, 4.69) is 40.2 Å². The van der Waals surface area contributed by atoms with Crippen LogP contribution < -0.4 is 5.73 Å². The fraction of sp³-hybridized carbons (Fsp3) is 0.467. The van der Waals surface area contributed by atoms with Crippen LogP contribution in [0.5, 0.6) is 0 Å². The van der Waals surface area contributed by atoms with Gasteiger partial charge in [-0.1, -0.05) is 13.8 Å². The predicted molar refractivity (Wildman–Crippen MR) is 82.4 cm³/mol. The summed E-state index contributed by atoms with van der Waals surface area (Å²) in [6.45, 7) is 9.73. The maximum absolute atomic E-state index is 5.77. The summed E-state index contributed by atoms with van der Waals surface area (Å²) in [5.74, 6) is 0.534. The van der Waals surface area contributed by atoms with Crippen molar-refractivity contribution in [3.8, 4) is 11.3 Å². The zero-order chi connectivity index (χ0) is 14.5. The molecule has 0 fully saturated rings. The van der Waals surface area contributed by atoms with Crippen LogP contribution in [0.25, 0.3) is 11.3 Å². The SMILES string of the molecule is CCN(CC)CC(C)n1cncc1-c1ccnc(N)c1. The van der Waals surface area contributed by atoms with Crippen molar-refractivity contribution in [2.24, 2.45) is 0 Å². The fourth-order valence-corrected chi connectivity index (χ4v) is 2.43. The van der Waals surface area contributed by atoms with E-state index in [-0.39, 0.29) is 0 Å². The maximum Gasteiger partial charge on any atom is 0.123 e. The molecule has 0 amide bonds. The van der Waals surface area contributed by atoms with Gasteiger partial charge in [-0.25, -0.2) is 9.97 Å². The van der Waals surface area contributed by atoms with Crippen LogP contribution in [0.1, 0.15) is 26.8 Å². The van der Waals surface area contributed by atoms with Crippen LogP contribution in [0.2, 0.25) is 0 Å². The summed E-state index contributed by atoms with van der Waals surface area (Å²) in [5.41, 5.74) is 7.90. The molecular weight excluding hydrogens is 250 g/mol. The molecule has 0 aromatic carbocycles. The summed E-state index contributed by atoms with van der Waals surface area (Å²) in [4.78, 5) is 10.7. The zero-order valence-corrected chi connectivity index (χ0v) is 12.5. The molecule has 0 spiro atoms. The lowest BCUT2D eigenvalue weighted by atomic mass is 10.2. The summed E-state index contributed by atoms with van der Waals surface area (Å²) in [5, 5.41) is 0. The van der Waals surface area contributed by atoms with Crippen LogP contribution in [0.15, 0.2) is 30.9 Å². The Hall–Kier alpha value is -1.88. The number of hydrogen-bond acceptors (Lipinski definition) is 4. The highest BCUT2D eigenvalue weighted by atomic mass is 15.2. The van der Waals surface area contributed by atoms with Gasteiger partial charge >= 0.3 is 0 Å². The first-order chi connectivity index (χ1) is 9.65. The molecule has 2 rings (SSSR count). The number of rotatable bonds is 6. The number of nitrogens with zero attached hydrogens (tertiary/aromatic N) is 4. The molecule has 5 heteroatoms. The van der Waals surface area contributed by atoms with Gasteiger partial charge in [0.25, 0.3) is 0 Å². The predicted octanol–water partition coefficient (Wildman–Crippen LogP) is 2.43. The van der Waals surface area contributed by atoms with E-state index in [0.717, 1.165) is 30.9 Å². The normalized spacial score (nSPS) is 12.8. The first-order valence-electron chi connectivity index (χ1n) is 7.11. The molecule has 0 aliphatic carbocycles. The van der Waals surface area contributed by atoms with E-state index >= 15 is 0 Å². The van der Waals surface area contributed by atoms with Crippen molar-refractivity contribution in [1.82, 2.24) is 19.4 Å². The Kier molecular flexibility index (Phi) is 4.74. The van der Waals surface area contributed by atoms with Crippen molar-refractivity contribution in [2.75, 3.05) is 25.4 Å². The van der Waals surface area contributed by atoms with E-state index in [0.29, 0.717) is 11.9 Å². The van der Waals surface area contributed by atoms with Gasteiger partial charge in [0.05, 0.1) is 18.2 Å². The van der Waals surface area contributed by atoms with Gasteiger partial charge in [-0.2, -0.15) is 0 Å². The number of anilines is 1. The highest BCUT2D eigenvalue weighted by molar-refractivity contribution is 5.61. The Morgan fingerprint density at radius 1 is 1.35 bits per heavy atom. The van der Waals surface area contributed by atoms with Gasteiger partial charge in [0.15, 0.2) is 0 Å². The molecule has 108 valence electrons. The molecule has 2 aromatic rings. The van der Waals surface area contributed by atoms with E-state index in [4.69, 9.17) is 5.73 Å². The largest absolute Gasteiger partial charge is 0.384 e. The number of imidazole rings is 1. The van der Waals surface area contributed by atoms with Gasteiger partial charge in [-0.15, -0.1) is 0 Å². The molecule has 0 saturated heterocycles. The maximum atomic E-state index is 5.77. The molecule has 1 unspecified atom stereocenters. The second-order valence-electron chi connectivity index (χ2n) is 4.99. The van der Waals surface area contributed by atoms with Crippen molar-refractivity contribution in [3.05, 3.63) is 30.9 Å². The van der Waals surface area contributed by atoms with Crippen LogP contribution in [-0.2, 0) is 0 Å². The third kappa shape index (κ3) is 3.17. The molecule has 1 atom stereocenters. The molecule has 0 bridgehead atoms. The fourth-order valence-electron chi connectivity index (χ4n) is 2.43. The third-order valence-electron chi connectivity index (χ3n) is 3.63. The molecule has 2 heterocycles. The molecule has 0 saturated carbocycles. The second-order valence-corrected chi connectivity index (χ2v) is 4.99. The van der Waals surface area contributed by atoms with E-state index in [1.807, 2.05) is 24.7 Å². The Labute approximate surface area is 120 Å². The molecule has 0 aliphatic heterocycles. The first-order valence-corrected chi connectivity index (χ1v) is 7.11. The Morgan fingerprint density at radius 2 is 2.10 bits per heavy atom. The lowest BCUT2D eigenvalue weighted by Crippen LogP contribution is -2.29. The van der Waals surface area contributed by atoms with Gasteiger partial charge in [0.1, 0.15) is 5.82 Å². The number of pyridine rings is 1. The highest BCUT2D eigenvalue weighted by Crippen LogP contribution is 2.23. The summed E-state index contributed by atoms with van der Waals surface area (Å²) in [6.07, 6.45) is 5.50. The number of likely N-dealkylation sites (N-methyl/N-ethyl adjacent to an activating group) is 1. The van der Waals surface area contributed by atoms with E-state index in [9.17, 15) is 0 Å². The quantitative estimate of drug-likeness (QED) is 0.878. The summed E-state index contributed by atoms with van der Waals surface area (Å²) in [7, 11) is 0. The van der Waals surface area contributed by atoms with Gasteiger partial charge in [-0.05, 0) is 32.1 Å². The Morgan fingerprint density at radius 3 is 2.75 bits per heavy atom. The first kappa shape index (κ1) is 14.5. The average molecular weight is 273 g/mol. The van der Waals surface area contributed by atoms with Crippen molar-refractivity contribution in [2.45, 2.75) is 26.8 Å². The smallest absolute Gasteiger partial charge is 0.123 e. The molecule has 2 aromatic heterocycles. The average Bonchev–Trinajstić information content (AvgIpc) is 2.94. The Bertz CT molecular complexity index is 545. The minimum Gasteiger partial charge on any atom is -0.384 e. The molecule has 0 aliphatic rings.